The van der Waals surface area contributed by atoms with Gasteiger partial charge >= 0.3 is 5.97 Å². The molecule has 9 heteroatoms. The number of esters is 1. The molecule has 9 nitrogen and oxygen atoms in total. The van der Waals surface area contributed by atoms with Crippen LogP contribution in [0.1, 0.15) is 38.2 Å². The number of carbonyl (C=O) groups excluding carboxylic acids is 2. The number of ether oxygens (including phenoxy) is 1. The normalized spacial score (nSPS) is 23.3. The van der Waals surface area contributed by atoms with Crippen LogP contribution in [0.5, 0.6) is 0 Å². The van der Waals surface area contributed by atoms with Crippen molar-refractivity contribution in [1.82, 2.24) is 10.3 Å². The number of hydrogen-bond donors (Lipinski definition) is 6. The highest BCUT2D eigenvalue weighted by Crippen LogP contribution is 2.33. The monoisotopic (exact) mass is 326 g/mol. The molecule has 4 unspecified atom stereocenters. The molecule has 4 atom stereocenters. The molecule has 0 aromatic carbocycles. The molecule has 23 heavy (non-hydrogen) atoms. The van der Waals surface area contributed by atoms with E-state index in [1.54, 1.807) is 0 Å². The lowest BCUT2D eigenvalue weighted by atomic mass is 9.89. The van der Waals surface area contributed by atoms with Crippen LogP contribution in [0.2, 0.25) is 0 Å². The zero-order valence-corrected chi connectivity index (χ0v) is 12.5. The number of amides is 1. The van der Waals surface area contributed by atoms with Gasteiger partial charge in [0.2, 0.25) is 0 Å². The fourth-order valence-corrected chi connectivity index (χ4v) is 2.63. The van der Waals surface area contributed by atoms with Crippen molar-refractivity contribution in [2.24, 2.45) is 0 Å². The summed E-state index contributed by atoms with van der Waals surface area (Å²) in [5.74, 6) is -1.34. The number of fused-ring (bicyclic) bond motifs is 1. The van der Waals surface area contributed by atoms with Gasteiger partial charge < -0.3 is 35.5 Å². The highest BCUT2D eigenvalue weighted by molar-refractivity contribution is 5.99. The largest absolute Gasteiger partial charge is 0.516 e. The minimum Gasteiger partial charge on any atom is -0.516 e. The highest BCUT2D eigenvalue weighted by Gasteiger charge is 2.42. The van der Waals surface area contributed by atoms with Crippen LogP contribution >= 0.6 is 0 Å². The van der Waals surface area contributed by atoms with Crippen LogP contribution in [0.15, 0.2) is 12.3 Å². The molecule has 1 aliphatic heterocycles. The Hall–Kier alpha value is -2.36. The second-order valence-corrected chi connectivity index (χ2v) is 5.17. The predicted octanol–water partition coefficient (Wildman–Crippen LogP) is -0.951. The van der Waals surface area contributed by atoms with Gasteiger partial charge in [0.1, 0.15) is 29.7 Å². The standard InChI is InChI=1S/C14H18N2O7/c1-5-7-9(15-8(5)14(22)23-2)13(21)16-10(12(7)20)11(19)6(18)3-4-17/h3-4,6,10-12,15,17-20H,1-2H3,(H,16,21). The van der Waals surface area contributed by atoms with Crippen molar-refractivity contribution < 1.29 is 34.8 Å². The molecule has 2 heterocycles. The van der Waals surface area contributed by atoms with Gasteiger partial charge in [-0.3, -0.25) is 4.79 Å². The fraction of sp³-hybridized carbons (Fsp3) is 0.429. The number of aliphatic hydroxyl groups excluding tert-OH is 4. The first-order chi connectivity index (χ1) is 10.8. The molecule has 1 amide bonds. The quantitative estimate of drug-likeness (QED) is 0.308. The predicted molar refractivity (Wildman–Crippen MR) is 76.9 cm³/mol. The van der Waals surface area contributed by atoms with E-state index in [0.29, 0.717) is 11.8 Å². The Morgan fingerprint density at radius 3 is 2.61 bits per heavy atom. The first-order valence-electron chi connectivity index (χ1n) is 6.80. The van der Waals surface area contributed by atoms with Gasteiger partial charge in [-0.25, -0.2) is 4.79 Å². The van der Waals surface area contributed by atoms with Crippen molar-refractivity contribution >= 4 is 11.9 Å². The second-order valence-electron chi connectivity index (χ2n) is 5.17. The lowest BCUT2D eigenvalue weighted by Gasteiger charge is -2.33. The van der Waals surface area contributed by atoms with Crippen molar-refractivity contribution in [1.29, 1.82) is 0 Å². The molecular formula is C14H18N2O7. The van der Waals surface area contributed by atoms with Gasteiger partial charge in [0, 0.05) is 5.56 Å². The molecule has 2 rings (SSSR count). The Morgan fingerprint density at radius 2 is 2.04 bits per heavy atom. The summed E-state index contributed by atoms with van der Waals surface area (Å²) < 4.78 is 4.60. The summed E-state index contributed by atoms with van der Waals surface area (Å²) in [4.78, 5) is 26.4. The van der Waals surface area contributed by atoms with Crippen molar-refractivity contribution in [2.75, 3.05) is 7.11 Å². The fourth-order valence-electron chi connectivity index (χ4n) is 2.63. The summed E-state index contributed by atoms with van der Waals surface area (Å²) in [6, 6.07) is -1.22. The summed E-state index contributed by atoms with van der Waals surface area (Å²) in [7, 11) is 1.18. The lowest BCUT2D eigenvalue weighted by molar-refractivity contribution is -0.0229. The van der Waals surface area contributed by atoms with Crippen LogP contribution < -0.4 is 5.32 Å². The van der Waals surface area contributed by atoms with Gasteiger partial charge in [-0.15, -0.1) is 0 Å². The molecule has 0 fully saturated rings. The number of nitrogens with one attached hydrogen (secondary N) is 2. The molecule has 0 spiro atoms. The van der Waals surface area contributed by atoms with E-state index < -0.39 is 36.2 Å². The third-order valence-corrected chi connectivity index (χ3v) is 3.85. The van der Waals surface area contributed by atoms with Gasteiger partial charge in [-0.05, 0) is 18.6 Å². The van der Waals surface area contributed by atoms with Gasteiger partial charge in [0.15, 0.2) is 0 Å². The summed E-state index contributed by atoms with van der Waals surface area (Å²) in [6.45, 7) is 1.52. The summed E-state index contributed by atoms with van der Waals surface area (Å²) in [5, 5.41) is 41.2. The molecule has 1 aromatic rings. The number of rotatable bonds is 4. The van der Waals surface area contributed by atoms with Crippen LogP contribution in [-0.4, -0.2) is 62.6 Å². The average Bonchev–Trinajstić information content (AvgIpc) is 2.88. The van der Waals surface area contributed by atoms with E-state index >= 15 is 0 Å². The molecule has 0 radical (unpaired) electrons. The number of H-pyrrole nitrogens is 1. The van der Waals surface area contributed by atoms with E-state index in [9.17, 15) is 24.9 Å². The minimum atomic E-state index is -1.57. The van der Waals surface area contributed by atoms with Crippen LogP contribution in [0.4, 0.5) is 0 Å². The highest BCUT2D eigenvalue weighted by atomic mass is 16.5. The smallest absolute Gasteiger partial charge is 0.354 e. The van der Waals surface area contributed by atoms with E-state index in [-0.39, 0.29) is 17.0 Å². The van der Waals surface area contributed by atoms with Crippen molar-refractivity contribution in [2.45, 2.75) is 31.3 Å². The minimum absolute atomic E-state index is 0.00830. The number of aliphatic hydroxyl groups is 4. The summed E-state index contributed by atoms with van der Waals surface area (Å²) in [6.07, 6.45) is -2.98. The topological polar surface area (TPSA) is 152 Å². The molecule has 126 valence electrons. The number of carbonyl (C=O) groups is 2. The van der Waals surface area contributed by atoms with E-state index in [1.807, 2.05) is 0 Å². The van der Waals surface area contributed by atoms with Crippen LogP contribution in [-0.2, 0) is 4.74 Å². The number of aromatic nitrogens is 1. The maximum absolute atomic E-state index is 12.1. The second kappa shape index (κ2) is 6.41. The van der Waals surface area contributed by atoms with E-state index in [1.165, 1.54) is 14.0 Å². The molecule has 0 aliphatic carbocycles. The Bertz CT molecular complexity index is 652. The van der Waals surface area contributed by atoms with Crippen LogP contribution in [0.25, 0.3) is 0 Å². The molecule has 0 saturated carbocycles. The van der Waals surface area contributed by atoms with E-state index in [2.05, 4.69) is 15.0 Å². The maximum Gasteiger partial charge on any atom is 0.354 e. The van der Waals surface area contributed by atoms with Crippen molar-refractivity contribution in [3.8, 4) is 0 Å². The third-order valence-electron chi connectivity index (χ3n) is 3.85. The van der Waals surface area contributed by atoms with Gasteiger partial charge in [0.05, 0.1) is 19.4 Å². The lowest BCUT2D eigenvalue weighted by Crippen LogP contribution is -2.54. The van der Waals surface area contributed by atoms with Crippen molar-refractivity contribution in [3.05, 3.63) is 34.9 Å². The van der Waals surface area contributed by atoms with Gasteiger partial charge in [-0.1, -0.05) is 0 Å². The average molecular weight is 326 g/mol. The van der Waals surface area contributed by atoms with Crippen LogP contribution in [0, 0.1) is 6.92 Å². The molecule has 6 N–H and O–H groups in total. The third kappa shape index (κ3) is 2.81. The molecule has 1 aliphatic rings. The van der Waals surface area contributed by atoms with Crippen LogP contribution in [0.3, 0.4) is 0 Å². The van der Waals surface area contributed by atoms with Gasteiger partial charge in [0.25, 0.3) is 5.91 Å². The number of methoxy groups -OCH3 is 1. The zero-order chi connectivity index (χ0) is 17.3. The molecule has 0 saturated heterocycles. The first kappa shape index (κ1) is 17.0. The Morgan fingerprint density at radius 1 is 1.39 bits per heavy atom. The zero-order valence-electron chi connectivity index (χ0n) is 12.5. The van der Waals surface area contributed by atoms with Gasteiger partial charge in [-0.2, -0.15) is 0 Å². The first-order valence-corrected chi connectivity index (χ1v) is 6.80. The summed E-state index contributed by atoms with van der Waals surface area (Å²) >= 11 is 0. The maximum atomic E-state index is 12.1. The number of aromatic amines is 1. The molecule has 1 aromatic heterocycles. The molecular weight excluding hydrogens is 308 g/mol. The Kier molecular flexibility index (Phi) is 4.73. The number of hydrogen-bond acceptors (Lipinski definition) is 7. The van der Waals surface area contributed by atoms with E-state index in [4.69, 9.17) is 5.11 Å². The Balaban J connectivity index is 2.42. The van der Waals surface area contributed by atoms with Crippen molar-refractivity contribution in [3.63, 3.8) is 0 Å². The Labute approximate surface area is 131 Å². The van der Waals surface area contributed by atoms with E-state index in [0.717, 1.165) is 6.08 Å². The molecule has 0 bridgehead atoms. The summed E-state index contributed by atoms with van der Waals surface area (Å²) in [5.41, 5.74) is 0.487. The SMILES string of the molecule is COC(=O)c1[nH]c2c(c1C)C(O)C(C(O)C(O)C=CO)NC2=O.